The molecule has 11 heteroatoms. The van der Waals surface area contributed by atoms with Crippen molar-refractivity contribution in [2.24, 2.45) is 0 Å². The van der Waals surface area contributed by atoms with E-state index in [0.717, 1.165) is 10.6 Å². The fraction of sp³-hybridized carbons (Fsp3) is 0.333. The van der Waals surface area contributed by atoms with Crippen LogP contribution in [0, 0.1) is 0 Å². The number of rotatable bonds is 7. The maximum absolute atomic E-state index is 12.6. The zero-order chi connectivity index (χ0) is 23.3. The number of halogens is 2. The molecule has 8 nitrogen and oxygen atoms in total. The number of anilines is 1. The van der Waals surface area contributed by atoms with Gasteiger partial charge in [-0.1, -0.05) is 29.3 Å². The normalized spacial score (nSPS) is 14.2. The Morgan fingerprint density at radius 2 is 1.75 bits per heavy atom. The van der Waals surface area contributed by atoms with E-state index in [2.05, 4.69) is 5.32 Å². The van der Waals surface area contributed by atoms with E-state index in [1.54, 1.807) is 35.2 Å². The molecule has 32 heavy (non-hydrogen) atoms. The average Bonchev–Trinajstić information content (AvgIpc) is 2.76. The molecule has 2 amide bonds. The number of nitrogens with zero attached hydrogens (tertiary/aromatic N) is 2. The lowest BCUT2D eigenvalue weighted by Gasteiger charge is -2.27. The summed E-state index contributed by atoms with van der Waals surface area (Å²) in [5.41, 5.74) is 1.37. The van der Waals surface area contributed by atoms with E-state index in [-0.39, 0.29) is 18.1 Å². The fourth-order valence-electron chi connectivity index (χ4n) is 3.16. The van der Waals surface area contributed by atoms with Crippen molar-refractivity contribution in [1.29, 1.82) is 0 Å². The van der Waals surface area contributed by atoms with E-state index >= 15 is 0 Å². The molecule has 1 heterocycles. The van der Waals surface area contributed by atoms with Crippen molar-refractivity contribution in [2.75, 3.05) is 43.4 Å². The van der Waals surface area contributed by atoms with Crippen LogP contribution in [0.5, 0.6) is 0 Å². The summed E-state index contributed by atoms with van der Waals surface area (Å²) in [7, 11) is -3.75. The summed E-state index contributed by atoms with van der Waals surface area (Å²) in [6.07, 6.45) is 1.02. The van der Waals surface area contributed by atoms with Gasteiger partial charge in [-0.25, -0.2) is 8.42 Å². The lowest BCUT2D eigenvalue weighted by molar-refractivity contribution is -0.119. The predicted molar refractivity (Wildman–Crippen MR) is 124 cm³/mol. The minimum absolute atomic E-state index is 0.124. The third-order valence-electron chi connectivity index (χ3n) is 4.88. The van der Waals surface area contributed by atoms with Gasteiger partial charge in [0.1, 0.15) is 6.54 Å². The second-order valence-electron chi connectivity index (χ2n) is 7.23. The largest absolute Gasteiger partial charge is 0.378 e. The molecule has 0 aliphatic carbocycles. The third kappa shape index (κ3) is 6.35. The molecule has 0 bridgehead atoms. The molecule has 172 valence electrons. The van der Waals surface area contributed by atoms with Gasteiger partial charge in [-0.3, -0.25) is 13.9 Å². The number of amides is 2. The summed E-state index contributed by atoms with van der Waals surface area (Å²) in [6.45, 7) is 1.70. The number of hydrogen-bond acceptors (Lipinski definition) is 5. The molecular weight excluding hydrogens is 477 g/mol. The molecule has 0 spiro atoms. The number of carbonyl (C=O) groups excluding carboxylic acids is 2. The Hall–Kier alpha value is -2.33. The van der Waals surface area contributed by atoms with Crippen LogP contribution in [0.2, 0.25) is 10.0 Å². The van der Waals surface area contributed by atoms with Gasteiger partial charge in [-0.15, -0.1) is 0 Å². The highest BCUT2D eigenvalue weighted by molar-refractivity contribution is 7.92. The van der Waals surface area contributed by atoms with Gasteiger partial charge in [0.2, 0.25) is 15.9 Å². The Balaban J connectivity index is 1.68. The maximum atomic E-state index is 12.6. The van der Waals surface area contributed by atoms with Crippen molar-refractivity contribution in [3.63, 3.8) is 0 Å². The van der Waals surface area contributed by atoms with E-state index in [0.29, 0.717) is 47.5 Å². The lowest BCUT2D eigenvalue weighted by atomic mass is 10.1. The minimum atomic E-state index is -3.75. The van der Waals surface area contributed by atoms with Crippen LogP contribution in [0.15, 0.2) is 42.5 Å². The molecule has 0 radical (unpaired) electrons. The molecule has 1 saturated heterocycles. The molecule has 2 aromatic rings. The number of morpholine rings is 1. The third-order valence-corrected chi connectivity index (χ3v) is 6.61. The van der Waals surface area contributed by atoms with E-state index in [4.69, 9.17) is 27.9 Å². The van der Waals surface area contributed by atoms with Crippen LogP contribution in [0.3, 0.4) is 0 Å². The summed E-state index contributed by atoms with van der Waals surface area (Å²) in [5, 5.41) is 3.54. The predicted octanol–water partition coefficient (Wildman–Crippen LogP) is 2.55. The Bertz CT molecular complexity index is 1090. The number of sulfonamides is 1. The van der Waals surface area contributed by atoms with Gasteiger partial charge in [0.15, 0.2) is 0 Å². The molecule has 0 unspecified atom stereocenters. The molecule has 1 fully saturated rings. The average molecular weight is 500 g/mol. The van der Waals surface area contributed by atoms with Gasteiger partial charge >= 0.3 is 0 Å². The first kappa shape index (κ1) is 24.3. The first-order valence-electron chi connectivity index (χ1n) is 9.80. The first-order chi connectivity index (χ1) is 15.1. The molecule has 3 rings (SSSR count). The van der Waals surface area contributed by atoms with Crippen molar-refractivity contribution in [3.8, 4) is 0 Å². The number of nitrogens with one attached hydrogen (secondary N) is 1. The fourth-order valence-corrected chi connectivity index (χ4v) is 4.50. The van der Waals surface area contributed by atoms with Crippen molar-refractivity contribution < 1.29 is 22.7 Å². The molecule has 1 aliphatic heterocycles. The minimum Gasteiger partial charge on any atom is -0.378 e. The van der Waals surface area contributed by atoms with Gasteiger partial charge in [-0.2, -0.15) is 0 Å². The topological polar surface area (TPSA) is 96.0 Å². The smallest absolute Gasteiger partial charge is 0.254 e. The van der Waals surface area contributed by atoms with Crippen molar-refractivity contribution >= 4 is 50.7 Å². The van der Waals surface area contributed by atoms with E-state index in [1.165, 1.54) is 12.1 Å². The van der Waals surface area contributed by atoms with Crippen LogP contribution < -0.4 is 9.62 Å². The first-order valence-corrected chi connectivity index (χ1v) is 12.4. The van der Waals surface area contributed by atoms with Crippen molar-refractivity contribution in [2.45, 2.75) is 6.54 Å². The highest BCUT2D eigenvalue weighted by Gasteiger charge is 2.23. The summed E-state index contributed by atoms with van der Waals surface area (Å²) in [5.74, 6) is -0.654. The molecule has 2 aromatic carbocycles. The SMILES string of the molecule is CS(=O)(=O)N(CC(=O)NCc1ccc(Cl)cc1Cl)c1ccc(C(=O)N2CCOCC2)cc1. The highest BCUT2D eigenvalue weighted by Crippen LogP contribution is 2.21. The van der Waals surface area contributed by atoms with Gasteiger partial charge < -0.3 is 15.0 Å². The number of carbonyl (C=O) groups is 2. The van der Waals surface area contributed by atoms with Gasteiger partial charge in [-0.05, 0) is 42.0 Å². The zero-order valence-corrected chi connectivity index (χ0v) is 19.7. The zero-order valence-electron chi connectivity index (χ0n) is 17.4. The number of ether oxygens (including phenoxy) is 1. The monoisotopic (exact) mass is 499 g/mol. The molecule has 0 aromatic heterocycles. The van der Waals surface area contributed by atoms with Crippen molar-refractivity contribution in [3.05, 3.63) is 63.6 Å². The molecule has 1 N–H and O–H groups in total. The van der Waals surface area contributed by atoms with Crippen LogP contribution in [-0.4, -0.2) is 64.2 Å². The standard InChI is InChI=1S/C21H23Cl2N3O5S/c1-32(29,30)26(14-20(27)24-13-16-2-5-17(22)12-19(16)23)18-6-3-15(4-7-18)21(28)25-8-10-31-11-9-25/h2-7,12H,8-11,13-14H2,1H3,(H,24,27). The molecule has 0 saturated carbocycles. The Morgan fingerprint density at radius 3 is 2.34 bits per heavy atom. The quantitative estimate of drug-likeness (QED) is 0.631. The second-order valence-corrected chi connectivity index (χ2v) is 9.98. The van der Waals surface area contributed by atoms with Gasteiger partial charge in [0.05, 0.1) is 25.2 Å². The van der Waals surface area contributed by atoms with E-state index in [9.17, 15) is 18.0 Å². The van der Waals surface area contributed by atoms with Crippen LogP contribution in [-0.2, 0) is 26.1 Å². The summed E-state index contributed by atoms with van der Waals surface area (Å²) >= 11 is 12.0. The number of benzene rings is 2. The maximum Gasteiger partial charge on any atom is 0.254 e. The van der Waals surface area contributed by atoms with E-state index in [1.807, 2.05) is 0 Å². The summed E-state index contributed by atoms with van der Waals surface area (Å²) in [6, 6.07) is 11.0. The van der Waals surface area contributed by atoms with Crippen LogP contribution in [0.4, 0.5) is 5.69 Å². The van der Waals surface area contributed by atoms with Gasteiger partial charge in [0, 0.05) is 35.2 Å². The van der Waals surface area contributed by atoms with Gasteiger partial charge in [0.25, 0.3) is 5.91 Å². The summed E-state index contributed by atoms with van der Waals surface area (Å²) < 4.78 is 30.9. The van der Waals surface area contributed by atoms with Crippen LogP contribution in [0.25, 0.3) is 0 Å². The van der Waals surface area contributed by atoms with Crippen LogP contribution >= 0.6 is 23.2 Å². The Morgan fingerprint density at radius 1 is 1.09 bits per heavy atom. The molecule has 1 aliphatic rings. The summed E-state index contributed by atoms with van der Waals surface area (Å²) in [4.78, 5) is 26.7. The van der Waals surface area contributed by atoms with Crippen LogP contribution in [0.1, 0.15) is 15.9 Å². The molecular formula is C21H23Cl2N3O5S. The highest BCUT2D eigenvalue weighted by atomic mass is 35.5. The molecule has 0 atom stereocenters. The Labute approximate surface area is 197 Å². The number of hydrogen-bond donors (Lipinski definition) is 1. The second kappa shape index (κ2) is 10.5. The Kier molecular flexibility index (Phi) is 8.00. The van der Waals surface area contributed by atoms with E-state index < -0.39 is 22.5 Å². The lowest BCUT2D eigenvalue weighted by Crippen LogP contribution is -2.41. The van der Waals surface area contributed by atoms with Crippen molar-refractivity contribution in [1.82, 2.24) is 10.2 Å².